The number of benzene rings is 2. The molecule has 10 nitrogen and oxygen atoms in total. The summed E-state index contributed by atoms with van der Waals surface area (Å²) in [6.07, 6.45) is 12.7. The number of ether oxygens (including phenoxy) is 2. The predicted octanol–water partition coefficient (Wildman–Crippen LogP) is 6.75. The second-order valence-corrected chi connectivity index (χ2v) is 16.4. The summed E-state index contributed by atoms with van der Waals surface area (Å²) in [5.74, 6) is 0.965. The lowest BCUT2D eigenvalue weighted by Crippen LogP contribution is -2.49. The summed E-state index contributed by atoms with van der Waals surface area (Å²) in [7, 11) is -1.61. The highest BCUT2D eigenvalue weighted by Crippen LogP contribution is 2.47. The Kier molecular flexibility index (Phi) is 9.39. The minimum Gasteiger partial charge on any atom is -0.490 e. The van der Waals surface area contributed by atoms with Crippen LogP contribution >= 0.6 is 11.6 Å². The zero-order chi connectivity index (χ0) is 34.2. The number of hydrogen-bond donors (Lipinski definition) is 1. The third kappa shape index (κ3) is 6.91. The van der Waals surface area contributed by atoms with Gasteiger partial charge in [-0.25, -0.2) is 9.19 Å². The van der Waals surface area contributed by atoms with E-state index in [1.54, 1.807) is 13.2 Å². The molecule has 3 heterocycles. The van der Waals surface area contributed by atoms with Crippen LogP contribution in [0.15, 0.2) is 65.3 Å². The van der Waals surface area contributed by atoms with Crippen LogP contribution in [0.5, 0.6) is 5.75 Å². The molecule has 4 aliphatic rings. The lowest BCUT2D eigenvalue weighted by atomic mass is 9.68. The number of anilines is 2. The van der Waals surface area contributed by atoms with Gasteiger partial charge in [0, 0.05) is 36.2 Å². The number of fused-ring (bicyclic) bond motifs is 4. The van der Waals surface area contributed by atoms with Crippen LogP contribution < -0.4 is 14.4 Å². The molecular weight excluding hydrogens is 660 g/mol. The first-order valence-corrected chi connectivity index (χ1v) is 19.0. The van der Waals surface area contributed by atoms with Crippen molar-refractivity contribution in [3.8, 4) is 11.8 Å². The number of hydrogen-bond acceptors (Lipinski definition) is 8. The Balaban J connectivity index is 1.32. The number of halogens is 1. The first kappa shape index (κ1) is 33.5. The molecule has 0 saturated heterocycles. The molecule has 1 amide bonds. The molecule has 2 aromatic carbocycles. The van der Waals surface area contributed by atoms with Gasteiger partial charge < -0.3 is 14.4 Å². The summed E-state index contributed by atoms with van der Waals surface area (Å²) >= 11 is 6.45. The fraction of sp³-hybridized carbons (Fsp3) is 0.459. The van der Waals surface area contributed by atoms with Crippen molar-refractivity contribution in [3.63, 3.8) is 0 Å². The monoisotopic (exact) mass is 700 g/mol. The van der Waals surface area contributed by atoms with E-state index in [0.717, 1.165) is 55.9 Å². The van der Waals surface area contributed by atoms with E-state index in [-0.39, 0.29) is 34.7 Å². The molecule has 1 fully saturated rings. The van der Waals surface area contributed by atoms with Crippen molar-refractivity contribution in [3.05, 3.63) is 88.4 Å². The Hall–Kier alpha value is -3.98. The molecule has 0 unspecified atom stereocenters. The van der Waals surface area contributed by atoms with Gasteiger partial charge in [0.1, 0.15) is 21.7 Å². The zero-order valence-corrected chi connectivity index (χ0v) is 29.4. The quantitative estimate of drug-likeness (QED) is 0.297. The molecule has 2 bridgehead atoms. The molecule has 1 spiro atoms. The molecule has 1 aromatic heterocycles. The molecule has 2 aliphatic carbocycles. The molecule has 7 rings (SSSR count). The Morgan fingerprint density at radius 2 is 2.08 bits per heavy atom. The maximum absolute atomic E-state index is 14.5. The fourth-order valence-electron chi connectivity index (χ4n) is 8.00. The lowest BCUT2D eigenvalue weighted by Gasteiger charge is -2.46. The van der Waals surface area contributed by atoms with Gasteiger partial charge in [-0.15, -0.1) is 4.36 Å². The molecular formula is C37H41ClN6O4S. The minimum absolute atomic E-state index is 0.0443. The number of carbonyl (C=O) groups is 1. The number of nitrogens with one attached hydrogen (secondary N) is 1. The number of methoxy groups -OCH3 is 1. The second kappa shape index (κ2) is 13.7. The highest BCUT2D eigenvalue weighted by atomic mass is 35.5. The molecule has 6 atom stereocenters. The highest BCUT2D eigenvalue weighted by molar-refractivity contribution is 7.95. The van der Waals surface area contributed by atoms with Gasteiger partial charge in [0.15, 0.2) is 11.5 Å². The largest absolute Gasteiger partial charge is 0.490 e. The summed E-state index contributed by atoms with van der Waals surface area (Å²) in [6.45, 7) is 4.00. The Morgan fingerprint density at radius 1 is 1.20 bits per heavy atom. The van der Waals surface area contributed by atoms with Crippen LogP contribution in [-0.4, -0.2) is 58.7 Å². The minimum atomic E-state index is -3.38. The van der Waals surface area contributed by atoms with Crippen LogP contribution in [-0.2, 0) is 26.5 Å². The average molecular weight is 701 g/mol. The first-order valence-electron chi connectivity index (χ1n) is 17.0. The summed E-state index contributed by atoms with van der Waals surface area (Å²) in [5, 5.41) is 10.1. The Labute approximate surface area is 293 Å². The van der Waals surface area contributed by atoms with Gasteiger partial charge in [0.05, 0.1) is 36.5 Å². The van der Waals surface area contributed by atoms with Gasteiger partial charge in [-0.3, -0.25) is 14.5 Å². The van der Waals surface area contributed by atoms with E-state index in [9.17, 15) is 14.3 Å². The summed E-state index contributed by atoms with van der Waals surface area (Å²) in [6, 6.07) is 13.6. The van der Waals surface area contributed by atoms with Crippen molar-refractivity contribution in [2.75, 3.05) is 42.2 Å². The van der Waals surface area contributed by atoms with Crippen molar-refractivity contribution in [2.45, 2.75) is 57.0 Å². The van der Waals surface area contributed by atoms with E-state index in [1.165, 1.54) is 23.5 Å². The number of amides is 1. The molecule has 1 saturated carbocycles. The van der Waals surface area contributed by atoms with Crippen LogP contribution in [0.4, 0.5) is 11.5 Å². The van der Waals surface area contributed by atoms with Crippen molar-refractivity contribution >= 4 is 38.9 Å². The maximum atomic E-state index is 14.5. The number of nitrogens with zero attached hydrogens (tertiary/aromatic N) is 5. The van der Waals surface area contributed by atoms with E-state index in [1.807, 2.05) is 31.2 Å². The highest BCUT2D eigenvalue weighted by Gasteiger charge is 2.44. The maximum Gasteiger partial charge on any atom is 0.286 e. The Bertz CT molecular complexity index is 1950. The van der Waals surface area contributed by atoms with E-state index in [0.29, 0.717) is 36.2 Å². The van der Waals surface area contributed by atoms with E-state index < -0.39 is 15.8 Å². The summed E-state index contributed by atoms with van der Waals surface area (Å²) < 4.78 is 34.4. The van der Waals surface area contributed by atoms with Crippen molar-refractivity contribution in [1.82, 2.24) is 9.97 Å². The molecule has 3 aromatic rings. The van der Waals surface area contributed by atoms with Gasteiger partial charge in [0.25, 0.3) is 5.91 Å². The molecule has 2 aliphatic heterocycles. The van der Waals surface area contributed by atoms with Gasteiger partial charge in [-0.2, -0.15) is 5.26 Å². The standard InChI is InChI=1S/C37H41ClN6O4S/c1-24-5-3-7-33(47-2)30-11-8-27(30)20-44-22-37(14-4-6-25-15-28(38)10-12-31(25)37)23-48-34-13-9-26(16-32(34)44)36(45)43-49(46,21-24)42-35-19-40-18-29(17-39)41-35/h3,7,9-10,12-13,15-16,18-19,24,27,30,33H,4-6,8,11,14,20-23H2,1-2H3,(H,41,42,43,45,46)/b7-3+/t24-,27-,30+,33-,37-,49+/m0/s1. The van der Waals surface area contributed by atoms with Gasteiger partial charge in [0.2, 0.25) is 0 Å². The second-order valence-electron chi connectivity index (χ2n) is 14.0. The van der Waals surface area contributed by atoms with E-state index >= 15 is 0 Å². The normalized spacial score (nSPS) is 30.3. The topological polar surface area (TPSA) is 130 Å². The fourth-order valence-corrected chi connectivity index (χ4v) is 10.1. The van der Waals surface area contributed by atoms with Gasteiger partial charge in [-0.05, 0) is 97.7 Å². The van der Waals surface area contributed by atoms with Gasteiger partial charge in [-0.1, -0.05) is 36.7 Å². The third-order valence-corrected chi connectivity index (χ3v) is 12.8. The van der Waals surface area contributed by atoms with Crippen LogP contribution in [0.2, 0.25) is 5.02 Å². The van der Waals surface area contributed by atoms with Crippen molar-refractivity contribution in [1.29, 1.82) is 5.26 Å². The van der Waals surface area contributed by atoms with Crippen LogP contribution in [0, 0.1) is 29.1 Å². The zero-order valence-electron chi connectivity index (χ0n) is 27.8. The van der Waals surface area contributed by atoms with Crippen LogP contribution in [0.25, 0.3) is 0 Å². The molecule has 49 heavy (non-hydrogen) atoms. The SMILES string of the molecule is CO[C@H]1/C=C/C[C@H](C)C[S@@](=O)(Nc2cncc(C#N)n2)=NC(=O)c2ccc3c(c2)N(C[C@@H]2CC[C@H]21)C[C@@]1(CCCc2cc(Cl)ccc21)CO3. The van der Waals surface area contributed by atoms with Crippen LogP contribution in [0.3, 0.4) is 0 Å². The third-order valence-electron chi connectivity index (χ3n) is 10.5. The predicted molar refractivity (Wildman–Crippen MR) is 190 cm³/mol. The van der Waals surface area contributed by atoms with Crippen LogP contribution in [0.1, 0.15) is 66.2 Å². The smallest absolute Gasteiger partial charge is 0.286 e. The lowest BCUT2D eigenvalue weighted by molar-refractivity contribution is 0.0131. The van der Waals surface area contributed by atoms with Gasteiger partial charge >= 0.3 is 0 Å². The van der Waals surface area contributed by atoms with Crippen molar-refractivity contribution in [2.24, 2.45) is 22.1 Å². The number of aryl methyl sites for hydroxylation is 1. The Morgan fingerprint density at radius 3 is 2.88 bits per heavy atom. The number of carbonyl (C=O) groups excluding carboxylic acids is 1. The van der Waals surface area contributed by atoms with Crippen molar-refractivity contribution < 1.29 is 18.5 Å². The number of nitriles is 1. The van der Waals surface area contributed by atoms with E-state index in [4.69, 9.17) is 21.1 Å². The number of allylic oxidation sites excluding steroid dienone is 1. The molecule has 12 heteroatoms. The summed E-state index contributed by atoms with van der Waals surface area (Å²) in [4.78, 5) is 24.6. The molecule has 1 N–H and O–H groups in total. The van der Waals surface area contributed by atoms with E-state index in [2.05, 4.69) is 48.2 Å². The summed E-state index contributed by atoms with van der Waals surface area (Å²) in [5.41, 5.74) is 3.52. The first-order chi connectivity index (χ1) is 23.7. The average Bonchev–Trinajstić information content (AvgIpc) is 3.22. The number of rotatable bonds is 3. The molecule has 256 valence electrons. The molecule has 0 radical (unpaired) electrons. The number of aromatic nitrogens is 2.